The smallest absolute Gasteiger partial charge is 0.269 e. The maximum absolute atomic E-state index is 13.1. The molecule has 0 unspecified atom stereocenters. The van der Waals surface area contributed by atoms with Gasteiger partial charge in [-0.2, -0.15) is 0 Å². The molecule has 150 valence electrons. The van der Waals surface area contributed by atoms with Gasteiger partial charge in [-0.15, -0.1) is 0 Å². The lowest BCUT2D eigenvalue weighted by Gasteiger charge is -2.30. The van der Waals surface area contributed by atoms with E-state index in [-0.39, 0.29) is 11.4 Å². The summed E-state index contributed by atoms with van der Waals surface area (Å²) in [7, 11) is -3.66. The van der Waals surface area contributed by atoms with Gasteiger partial charge in [-0.05, 0) is 17.7 Å². The summed E-state index contributed by atoms with van der Waals surface area (Å²) in [6.45, 7) is 3.81. The fourth-order valence-electron chi connectivity index (χ4n) is 3.08. The van der Waals surface area contributed by atoms with Crippen LogP contribution in [0.5, 0.6) is 0 Å². The van der Waals surface area contributed by atoms with Crippen LogP contribution in [0.4, 0.5) is 11.4 Å². The van der Waals surface area contributed by atoms with Crippen LogP contribution >= 0.6 is 0 Å². The molecular formula is C19H23N3O5S. The SMILES string of the molecule is O=[N+]([O-])c1ccc(CS(=O)(=O)N(CCN2CCOCC2)c2ccccc2)cc1. The zero-order chi connectivity index (χ0) is 20.0. The van der Waals surface area contributed by atoms with Crippen molar-refractivity contribution in [1.29, 1.82) is 0 Å². The van der Waals surface area contributed by atoms with Gasteiger partial charge >= 0.3 is 0 Å². The maximum Gasteiger partial charge on any atom is 0.269 e. The number of benzene rings is 2. The molecule has 0 N–H and O–H groups in total. The molecule has 0 bridgehead atoms. The summed E-state index contributed by atoms with van der Waals surface area (Å²) in [6, 6.07) is 14.6. The van der Waals surface area contributed by atoms with E-state index in [4.69, 9.17) is 4.74 Å². The van der Waals surface area contributed by atoms with Crippen LogP contribution in [0, 0.1) is 10.1 Å². The highest BCUT2D eigenvalue weighted by molar-refractivity contribution is 7.92. The molecule has 1 aliphatic rings. The Balaban J connectivity index is 1.77. The number of anilines is 1. The van der Waals surface area contributed by atoms with Gasteiger partial charge in [0.25, 0.3) is 5.69 Å². The second-order valence-electron chi connectivity index (χ2n) is 6.54. The molecule has 0 aliphatic carbocycles. The molecule has 0 saturated carbocycles. The quantitative estimate of drug-likeness (QED) is 0.494. The summed E-state index contributed by atoms with van der Waals surface area (Å²) in [5, 5.41) is 10.8. The Hall–Kier alpha value is -2.49. The van der Waals surface area contributed by atoms with E-state index >= 15 is 0 Å². The van der Waals surface area contributed by atoms with E-state index in [2.05, 4.69) is 4.90 Å². The number of sulfonamides is 1. The second kappa shape index (κ2) is 9.13. The minimum absolute atomic E-state index is 0.0617. The highest BCUT2D eigenvalue weighted by Crippen LogP contribution is 2.22. The molecule has 0 spiro atoms. The third-order valence-electron chi connectivity index (χ3n) is 4.60. The first-order valence-corrected chi connectivity index (χ1v) is 10.7. The fraction of sp³-hybridized carbons (Fsp3) is 0.368. The molecule has 9 heteroatoms. The van der Waals surface area contributed by atoms with Gasteiger partial charge < -0.3 is 4.74 Å². The number of morpholine rings is 1. The van der Waals surface area contributed by atoms with Crippen LogP contribution < -0.4 is 4.31 Å². The normalized spacial score (nSPS) is 15.3. The van der Waals surface area contributed by atoms with E-state index in [0.29, 0.717) is 37.6 Å². The molecular weight excluding hydrogens is 382 g/mol. The number of nitrogens with zero attached hydrogens (tertiary/aromatic N) is 3. The average Bonchev–Trinajstić information content (AvgIpc) is 2.69. The zero-order valence-corrected chi connectivity index (χ0v) is 16.3. The summed E-state index contributed by atoms with van der Waals surface area (Å²) in [5.41, 5.74) is 1.06. The van der Waals surface area contributed by atoms with Gasteiger partial charge in [0, 0.05) is 38.3 Å². The van der Waals surface area contributed by atoms with Gasteiger partial charge in [0.2, 0.25) is 10.0 Å². The van der Waals surface area contributed by atoms with E-state index in [9.17, 15) is 18.5 Å². The Morgan fingerprint density at radius 3 is 2.29 bits per heavy atom. The number of non-ortho nitro benzene ring substituents is 1. The van der Waals surface area contributed by atoms with Crippen molar-refractivity contribution in [3.63, 3.8) is 0 Å². The van der Waals surface area contributed by atoms with E-state index in [1.807, 2.05) is 6.07 Å². The van der Waals surface area contributed by atoms with Crippen LogP contribution in [0.25, 0.3) is 0 Å². The molecule has 3 rings (SSSR count). The average molecular weight is 405 g/mol. The van der Waals surface area contributed by atoms with Crippen molar-refractivity contribution in [2.75, 3.05) is 43.7 Å². The predicted octanol–water partition coefficient (Wildman–Crippen LogP) is 2.26. The highest BCUT2D eigenvalue weighted by atomic mass is 32.2. The Kier molecular flexibility index (Phi) is 6.61. The minimum atomic E-state index is -3.66. The summed E-state index contributed by atoms with van der Waals surface area (Å²) < 4.78 is 33.0. The van der Waals surface area contributed by atoms with Crippen molar-refractivity contribution in [2.45, 2.75) is 5.75 Å². The molecule has 2 aromatic carbocycles. The molecule has 8 nitrogen and oxygen atoms in total. The summed E-state index contributed by atoms with van der Waals surface area (Å²) >= 11 is 0. The number of para-hydroxylation sites is 1. The number of rotatable bonds is 8. The molecule has 1 fully saturated rings. The van der Waals surface area contributed by atoms with Crippen LogP contribution in [-0.2, 0) is 20.5 Å². The number of ether oxygens (including phenoxy) is 1. The first-order valence-electron chi connectivity index (χ1n) is 9.04. The molecule has 0 radical (unpaired) electrons. The lowest BCUT2D eigenvalue weighted by atomic mass is 10.2. The Morgan fingerprint density at radius 1 is 1.04 bits per heavy atom. The van der Waals surface area contributed by atoms with Crippen LogP contribution in [0.1, 0.15) is 5.56 Å². The van der Waals surface area contributed by atoms with Crippen molar-refractivity contribution in [3.05, 3.63) is 70.3 Å². The molecule has 1 heterocycles. The first-order chi connectivity index (χ1) is 13.5. The Morgan fingerprint density at radius 2 is 1.68 bits per heavy atom. The van der Waals surface area contributed by atoms with E-state index in [0.717, 1.165) is 13.1 Å². The largest absolute Gasteiger partial charge is 0.379 e. The van der Waals surface area contributed by atoms with Crippen LogP contribution in [-0.4, -0.2) is 57.6 Å². The van der Waals surface area contributed by atoms with Crippen LogP contribution in [0.15, 0.2) is 54.6 Å². The lowest BCUT2D eigenvalue weighted by molar-refractivity contribution is -0.384. The molecule has 0 aromatic heterocycles. The van der Waals surface area contributed by atoms with Crippen molar-refractivity contribution in [3.8, 4) is 0 Å². The van der Waals surface area contributed by atoms with Crippen LogP contribution in [0.2, 0.25) is 0 Å². The van der Waals surface area contributed by atoms with E-state index in [1.165, 1.54) is 28.6 Å². The van der Waals surface area contributed by atoms with Gasteiger partial charge in [-0.3, -0.25) is 19.3 Å². The van der Waals surface area contributed by atoms with E-state index < -0.39 is 14.9 Å². The van der Waals surface area contributed by atoms with Crippen molar-refractivity contribution in [1.82, 2.24) is 4.90 Å². The Labute approximate surface area is 164 Å². The van der Waals surface area contributed by atoms with Gasteiger partial charge in [0.15, 0.2) is 0 Å². The summed E-state index contributed by atoms with van der Waals surface area (Å²) in [5.74, 6) is -0.219. The molecule has 1 saturated heterocycles. The first kappa shape index (κ1) is 20.2. The van der Waals surface area contributed by atoms with Crippen molar-refractivity contribution < 1.29 is 18.1 Å². The second-order valence-corrected chi connectivity index (χ2v) is 8.43. The van der Waals surface area contributed by atoms with Gasteiger partial charge in [0.1, 0.15) is 0 Å². The number of hydrogen-bond acceptors (Lipinski definition) is 6. The Bertz CT molecular complexity index is 882. The van der Waals surface area contributed by atoms with Crippen molar-refractivity contribution in [2.24, 2.45) is 0 Å². The monoisotopic (exact) mass is 405 g/mol. The van der Waals surface area contributed by atoms with Crippen LogP contribution in [0.3, 0.4) is 0 Å². The third kappa shape index (κ3) is 5.28. The topological polar surface area (TPSA) is 93.0 Å². The van der Waals surface area contributed by atoms with E-state index in [1.54, 1.807) is 24.3 Å². The molecule has 2 aromatic rings. The maximum atomic E-state index is 13.1. The van der Waals surface area contributed by atoms with Gasteiger partial charge in [-0.25, -0.2) is 8.42 Å². The molecule has 0 atom stereocenters. The fourth-order valence-corrected chi connectivity index (χ4v) is 4.65. The van der Waals surface area contributed by atoms with Gasteiger partial charge in [0.05, 0.1) is 29.6 Å². The molecule has 0 amide bonds. The standard InChI is InChI=1S/C19H23N3O5S/c23-22(24)19-8-6-17(7-9-19)16-28(25,26)21(18-4-2-1-3-5-18)11-10-20-12-14-27-15-13-20/h1-9H,10-16H2. The van der Waals surface area contributed by atoms with Crippen molar-refractivity contribution >= 4 is 21.4 Å². The minimum Gasteiger partial charge on any atom is -0.379 e. The number of nitro benzene ring substituents is 1. The predicted molar refractivity (Wildman–Crippen MR) is 107 cm³/mol. The zero-order valence-electron chi connectivity index (χ0n) is 15.4. The van der Waals surface area contributed by atoms with Gasteiger partial charge in [-0.1, -0.05) is 30.3 Å². The third-order valence-corrected chi connectivity index (χ3v) is 6.36. The lowest BCUT2D eigenvalue weighted by Crippen LogP contribution is -2.43. The molecule has 1 aliphatic heterocycles. The summed E-state index contributed by atoms with van der Waals surface area (Å²) in [4.78, 5) is 12.5. The highest BCUT2D eigenvalue weighted by Gasteiger charge is 2.24. The number of nitro groups is 1. The molecule has 28 heavy (non-hydrogen) atoms. The summed E-state index contributed by atoms with van der Waals surface area (Å²) in [6.07, 6.45) is 0. The number of hydrogen-bond donors (Lipinski definition) is 0.